The van der Waals surface area contributed by atoms with Crippen LogP contribution in [0.1, 0.15) is 23.6 Å². The number of halogens is 1. The van der Waals surface area contributed by atoms with Crippen LogP contribution in [-0.2, 0) is 6.54 Å². The smallest absolute Gasteiger partial charge is 0.125 e. The summed E-state index contributed by atoms with van der Waals surface area (Å²) in [6, 6.07) is 2.91. The van der Waals surface area contributed by atoms with Gasteiger partial charge in [-0.1, -0.05) is 0 Å². The summed E-state index contributed by atoms with van der Waals surface area (Å²) in [5.41, 5.74) is 7.04. The first kappa shape index (κ1) is 15.2. The van der Waals surface area contributed by atoms with E-state index in [-0.39, 0.29) is 17.6 Å². The molecule has 0 spiro atoms. The molecule has 1 saturated heterocycles. The number of benzene rings is 1. The summed E-state index contributed by atoms with van der Waals surface area (Å²) in [6.07, 6.45) is 0.866. The number of phenols is 1. The Hall–Kier alpha value is -1.17. The van der Waals surface area contributed by atoms with Gasteiger partial charge in [0.1, 0.15) is 11.6 Å². The van der Waals surface area contributed by atoms with E-state index in [1.807, 2.05) is 26.0 Å². The van der Waals surface area contributed by atoms with E-state index in [1.165, 1.54) is 12.1 Å². The SMILES string of the molecule is CN(C)Cc1cc(F)cc(C2CC(CN)CN2C)c1O. The van der Waals surface area contributed by atoms with E-state index in [0.29, 0.717) is 30.1 Å². The van der Waals surface area contributed by atoms with Crippen LogP contribution >= 0.6 is 0 Å². The average molecular weight is 281 g/mol. The van der Waals surface area contributed by atoms with Crippen LogP contribution in [0.25, 0.3) is 0 Å². The molecule has 112 valence electrons. The molecular formula is C15H24FN3O. The van der Waals surface area contributed by atoms with Crippen molar-refractivity contribution in [3.8, 4) is 5.75 Å². The van der Waals surface area contributed by atoms with Crippen molar-refractivity contribution in [1.29, 1.82) is 0 Å². The van der Waals surface area contributed by atoms with Gasteiger partial charge in [-0.05, 0) is 52.2 Å². The maximum atomic E-state index is 13.8. The van der Waals surface area contributed by atoms with Gasteiger partial charge in [0, 0.05) is 30.3 Å². The molecule has 0 amide bonds. The van der Waals surface area contributed by atoms with E-state index in [4.69, 9.17) is 5.73 Å². The Morgan fingerprint density at radius 2 is 2.15 bits per heavy atom. The summed E-state index contributed by atoms with van der Waals surface area (Å²) in [5, 5.41) is 10.4. The Kier molecular flexibility index (Phi) is 4.62. The van der Waals surface area contributed by atoms with Gasteiger partial charge in [0.05, 0.1) is 0 Å². The van der Waals surface area contributed by atoms with Crippen LogP contribution < -0.4 is 5.73 Å². The predicted octanol–water partition coefficient (Wildman–Crippen LogP) is 1.54. The highest BCUT2D eigenvalue weighted by Gasteiger charge is 2.32. The van der Waals surface area contributed by atoms with Gasteiger partial charge >= 0.3 is 0 Å². The van der Waals surface area contributed by atoms with Gasteiger partial charge < -0.3 is 15.7 Å². The molecule has 1 heterocycles. The zero-order valence-corrected chi connectivity index (χ0v) is 12.4. The number of aromatic hydroxyl groups is 1. The summed E-state index contributed by atoms with van der Waals surface area (Å²) < 4.78 is 13.8. The van der Waals surface area contributed by atoms with Gasteiger partial charge in [-0.3, -0.25) is 4.90 Å². The van der Waals surface area contributed by atoms with Gasteiger partial charge in [-0.15, -0.1) is 0 Å². The zero-order valence-electron chi connectivity index (χ0n) is 12.4. The molecule has 3 N–H and O–H groups in total. The number of likely N-dealkylation sites (tertiary alicyclic amines) is 1. The third-order valence-electron chi connectivity index (χ3n) is 4.00. The zero-order chi connectivity index (χ0) is 14.9. The second kappa shape index (κ2) is 6.08. The van der Waals surface area contributed by atoms with Crippen molar-refractivity contribution in [3.63, 3.8) is 0 Å². The maximum absolute atomic E-state index is 13.8. The fraction of sp³-hybridized carbons (Fsp3) is 0.600. The van der Waals surface area contributed by atoms with Crippen LogP contribution in [0.2, 0.25) is 0 Å². The Morgan fingerprint density at radius 1 is 1.45 bits per heavy atom. The average Bonchev–Trinajstić information content (AvgIpc) is 2.74. The first-order valence-electron chi connectivity index (χ1n) is 6.98. The second-order valence-electron chi connectivity index (χ2n) is 6.03. The number of phenolic OH excluding ortho intramolecular Hbond substituents is 1. The fourth-order valence-corrected chi connectivity index (χ4v) is 3.03. The minimum absolute atomic E-state index is 0.0418. The number of hydrogen-bond acceptors (Lipinski definition) is 4. The highest BCUT2D eigenvalue weighted by molar-refractivity contribution is 5.43. The number of rotatable bonds is 4. The lowest BCUT2D eigenvalue weighted by Crippen LogP contribution is -2.21. The normalized spacial score (nSPS) is 23.7. The lowest BCUT2D eigenvalue weighted by molar-refractivity contribution is 0.302. The number of hydrogen-bond donors (Lipinski definition) is 2. The number of nitrogens with two attached hydrogens (primary N) is 1. The fourth-order valence-electron chi connectivity index (χ4n) is 3.03. The van der Waals surface area contributed by atoms with Gasteiger partial charge in [0.25, 0.3) is 0 Å². The van der Waals surface area contributed by atoms with Crippen LogP contribution in [-0.4, -0.2) is 49.1 Å². The summed E-state index contributed by atoms with van der Waals surface area (Å²) in [5.74, 6) is 0.332. The van der Waals surface area contributed by atoms with Gasteiger partial charge in [-0.25, -0.2) is 4.39 Å². The molecule has 1 aliphatic heterocycles. The lowest BCUT2D eigenvalue weighted by Gasteiger charge is -2.22. The molecule has 4 nitrogen and oxygen atoms in total. The highest BCUT2D eigenvalue weighted by Crippen LogP contribution is 2.39. The Labute approximate surface area is 120 Å². The molecule has 2 unspecified atom stereocenters. The summed E-state index contributed by atoms with van der Waals surface area (Å²) in [6.45, 7) is 2.04. The van der Waals surface area contributed by atoms with E-state index in [2.05, 4.69) is 4.90 Å². The van der Waals surface area contributed by atoms with E-state index >= 15 is 0 Å². The Morgan fingerprint density at radius 3 is 2.70 bits per heavy atom. The monoisotopic (exact) mass is 281 g/mol. The molecule has 1 aromatic rings. The van der Waals surface area contributed by atoms with Crippen molar-refractivity contribution in [2.75, 3.05) is 34.2 Å². The van der Waals surface area contributed by atoms with Gasteiger partial charge in [-0.2, -0.15) is 0 Å². The van der Waals surface area contributed by atoms with Crippen LogP contribution in [0.4, 0.5) is 4.39 Å². The molecule has 2 atom stereocenters. The largest absolute Gasteiger partial charge is 0.507 e. The Bertz CT molecular complexity index is 478. The molecule has 0 aromatic heterocycles. The molecule has 1 aromatic carbocycles. The molecule has 5 heteroatoms. The first-order chi connectivity index (χ1) is 9.42. The van der Waals surface area contributed by atoms with Crippen molar-refractivity contribution in [1.82, 2.24) is 9.80 Å². The van der Waals surface area contributed by atoms with Crippen LogP contribution in [0.3, 0.4) is 0 Å². The van der Waals surface area contributed by atoms with Gasteiger partial charge in [0.2, 0.25) is 0 Å². The summed E-state index contributed by atoms with van der Waals surface area (Å²) in [7, 11) is 5.79. The molecule has 0 bridgehead atoms. The third kappa shape index (κ3) is 3.11. The topological polar surface area (TPSA) is 52.7 Å². The Balaban J connectivity index is 2.34. The molecule has 0 radical (unpaired) electrons. The molecule has 1 aliphatic rings. The highest BCUT2D eigenvalue weighted by atomic mass is 19.1. The first-order valence-corrected chi connectivity index (χ1v) is 6.98. The maximum Gasteiger partial charge on any atom is 0.125 e. The lowest BCUT2D eigenvalue weighted by atomic mass is 9.96. The van der Waals surface area contributed by atoms with Crippen molar-refractivity contribution < 1.29 is 9.50 Å². The third-order valence-corrected chi connectivity index (χ3v) is 4.00. The van der Waals surface area contributed by atoms with Crippen LogP contribution in [0.15, 0.2) is 12.1 Å². The standard InChI is InChI=1S/C15H24FN3O/c1-18(2)9-11-5-12(16)6-13(15(11)20)14-4-10(7-17)8-19(14)3/h5-6,10,14,20H,4,7-9,17H2,1-3H3. The quantitative estimate of drug-likeness (QED) is 0.879. The van der Waals surface area contributed by atoms with E-state index in [1.54, 1.807) is 0 Å². The minimum atomic E-state index is -0.292. The van der Waals surface area contributed by atoms with E-state index < -0.39 is 0 Å². The van der Waals surface area contributed by atoms with Crippen LogP contribution in [0.5, 0.6) is 5.75 Å². The van der Waals surface area contributed by atoms with Crippen molar-refractivity contribution in [2.45, 2.75) is 19.0 Å². The van der Waals surface area contributed by atoms with Crippen molar-refractivity contribution >= 4 is 0 Å². The van der Waals surface area contributed by atoms with Crippen molar-refractivity contribution in [2.24, 2.45) is 11.7 Å². The van der Waals surface area contributed by atoms with Crippen molar-refractivity contribution in [3.05, 3.63) is 29.1 Å². The molecule has 20 heavy (non-hydrogen) atoms. The van der Waals surface area contributed by atoms with Crippen LogP contribution in [0, 0.1) is 11.7 Å². The molecule has 1 fully saturated rings. The molecular weight excluding hydrogens is 257 g/mol. The molecule has 2 rings (SSSR count). The van der Waals surface area contributed by atoms with E-state index in [0.717, 1.165) is 13.0 Å². The molecule has 0 saturated carbocycles. The second-order valence-corrected chi connectivity index (χ2v) is 6.03. The predicted molar refractivity (Wildman–Crippen MR) is 78.0 cm³/mol. The molecule has 0 aliphatic carbocycles. The summed E-state index contributed by atoms with van der Waals surface area (Å²) >= 11 is 0. The summed E-state index contributed by atoms with van der Waals surface area (Å²) in [4.78, 5) is 4.06. The van der Waals surface area contributed by atoms with E-state index in [9.17, 15) is 9.50 Å². The minimum Gasteiger partial charge on any atom is -0.507 e. The van der Waals surface area contributed by atoms with Gasteiger partial charge in [0.15, 0.2) is 0 Å². The number of nitrogens with zero attached hydrogens (tertiary/aromatic N) is 2.